The van der Waals surface area contributed by atoms with Gasteiger partial charge in [-0.05, 0) is 37.3 Å². The topological polar surface area (TPSA) is 90.6 Å². The van der Waals surface area contributed by atoms with E-state index in [2.05, 4.69) is 30.4 Å². The smallest absolute Gasteiger partial charge is 0.168 e. The minimum absolute atomic E-state index is 0.0266. The summed E-state index contributed by atoms with van der Waals surface area (Å²) in [6, 6.07) is 7.64. The molecule has 5 rings (SSSR count). The van der Waals surface area contributed by atoms with Crippen LogP contribution in [0.25, 0.3) is 22.0 Å². The molecule has 0 bridgehead atoms. The van der Waals surface area contributed by atoms with E-state index in [1.54, 1.807) is 35.4 Å². The number of nitrogens with one attached hydrogen (secondary N) is 1. The molecule has 8 nitrogen and oxygen atoms in total. The lowest BCUT2D eigenvalue weighted by molar-refractivity contribution is 0.217. The maximum Gasteiger partial charge on any atom is 0.168 e. The van der Waals surface area contributed by atoms with Gasteiger partial charge in [-0.15, -0.1) is 0 Å². The first-order chi connectivity index (χ1) is 16.9. The summed E-state index contributed by atoms with van der Waals surface area (Å²) in [4.78, 5) is 17.2. The van der Waals surface area contributed by atoms with E-state index >= 15 is 0 Å². The quantitative estimate of drug-likeness (QED) is 0.306. The van der Waals surface area contributed by atoms with Gasteiger partial charge in [0, 0.05) is 42.2 Å². The van der Waals surface area contributed by atoms with Crippen molar-refractivity contribution >= 4 is 34.0 Å². The van der Waals surface area contributed by atoms with E-state index in [0.717, 1.165) is 17.2 Å². The zero-order chi connectivity index (χ0) is 24.5. The van der Waals surface area contributed by atoms with Gasteiger partial charge in [0.25, 0.3) is 0 Å². The predicted molar refractivity (Wildman–Crippen MR) is 127 cm³/mol. The van der Waals surface area contributed by atoms with Crippen LogP contribution in [0.5, 0.6) is 5.75 Å². The van der Waals surface area contributed by atoms with Crippen LogP contribution in [0.2, 0.25) is 5.02 Å². The Kier molecular flexibility index (Phi) is 5.96. The number of hydrogen-bond acceptors (Lipinski definition) is 7. The van der Waals surface area contributed by atoms with Gasteiger partial charge in [0.2, 0.25) is 0 Å². The number of hydrogen-bond donors (Lipinski definition) is 1. The van der Waals surface area contributed by atoms with Crippen LogP contribution >= 0.6 is 11.6 Å². The number of benzene rings is 2. The Morgan fingerprint density at radius 1 is 1.09 bits per heavy atom. The molecule has 0 unspecified atom stereocenters. The van der Waals surface area contributed by atoms with Crippen LogP contribution in [0.1, 0.15) is 18.9 Å². The molecule has 35 heavy (non-hydrogen) atoms. The lowest BCUT2D eigenvalue weighted by atomic mass is 10.0. The van der Waals surface area contributed by atoms with E-state index in [9.17, 15) is 8.78 Å². The van der Waals surface area contributed by atoms with E-state index in [1.807, 2.05) is 26.2 Å². The second kappa shape index (κ2) is 9.22. The molecule has 0 aliphatic carbocycles. The van der Waals surface area contributed by atoms with Gasteiger partial charge < -0.3 is 10.1 Å². The Bertz CT molecular complexity index is 1530. The first kappa shape index (κ1) is 22.6. The zero-order valence-electron chi connectivity index (χ0n) is 18.6. The van der Waals surface area contributed by atoms with Gasteiger partial charge in [-0.25, -0.2) is 28.7 Å². The maximum atomic E-state index is 14.5. The van der Waals surface area contributed by atoms with E-state index in [-0.39, 0.29) is 5.69 Å². The monoisotopic (exact) mass is 493 g/mol. The molecule has 3 aromatic heterocycles. The van der Waals surface area contributed by atoms with Gasteiger partial charge >= 0.3 is 0 Å². The molecular formula is C24H18ClF2N7O. The molecule has 0 radical (unpaired) electrons. The Hall–Kier alpha value is -4.18. The SMILES string of the molecule is C[C@H](Oc1cc2c(Nc3ccc(F)c(Cl)c3F)ncnc2cc1-c1cnn(C)c1)c1ncccn1. The number of aryl methyl sites for hydroxylation is 1. The van der Waals surface area contributed by atoms with Crippen LogP contribution in [-0.4, -0.2) is 29.7 Å². The molecule has 176 valence electrons. The number of nitrogens with zero attached hydrogens (tertiary/aromatic N) is 6. The number of aromatic nitrogens is 6. The second-order valence-corrected chi connectivity index (χ2v) is 8.08. The molecule has 0 spiro atoms. The Morgan fingerprint density at radius 2 is 1.89 bits per heavy atom. The van der Waals surface area contributed by atoms with Crippen molar-refractivity contribution in [2.75, 3.05) is 5.32 Å². The molecule has 0 aliphatic rings. The van der Waals surface area contributed by atoms with Crippen LogP contribution in [0, 0.1) is 11.6 Å². The lowest BCUT2D eigenvalue weighted by Crippen LogP contribution is -2.08. The molecule has 2 aromatic carbocycles. The Morgan fingerprint density at radius 3 is 2.63 bits per heavy atom. The summed E-state index contributed by atoms with van der Waals surface area (Å²) in [5.74, 6) is -0.466. The number of ether oxygens (including phenoxy) is 1. The largest absolute Gasteiger partial charge is 0.482 e. The second-order valence-electron chi connectivity index (χ2n) is 7.71. The fourth-order valence-electron chi connectivity index (χ4n) is 3.58. The number of fused-ring (bicyclic) bond motifs is 1. The molecule has 0 amide bonds. The standard InChI is InChI=1S/C24H18ClF2N7O/c1-13(23-28-6-3-7-29-23)35-20-9-16-19(8-15(20)14-10-32-34(2)11-14)30-12-31-24(16)33-18-5-4-17(26)21(25)22(18)27/h3-13H,1-2H3,(H,30,31,33)/t13-/m0/s1. The molecule has 5 aromatic rings. The van der Waals surface area contributed by atoms with Crippen molar-refractivity contribution in [1.29, 1.82) is 0 Å². The van der Waals surface area contributed by atoms with Crippen LogP contribution in [-0.2, 0) is 7.05 Å². The number of halogens is 3. The minimum atomic E-state index is -0.920. The Labute approximate surface area is 203 Å². The molecule has 0 aliphatic heterocycles. The highest BCUT2D eigenvalue weighted by Crippen LogP contribution is 2.38. The third kappa shape index (κ3) is 4.47. The van der Waals surface area contributed by atoms with E-state index in [1.165, 1.54) is 12.4 Å². The highest BCUT2D eigenvalue weighted by atomic mass is 35.5. The molecule has 0 fully saturated rings. The fourth-order valence-corrected chi connectivity index (χ4v) is 3.74. The van der Waals surface area contributed by atoms with E-state index in [4.69, 9.17) is 16.3 Å². The molecule has 1 N–H and O–H groups in total. The maximum absolute atomic E-state index is 14.5. The summed E-state index contributed by atoms with van der Waals surface area (Å²) in [7, 11) is 1.82. The summed E-state index contributed by atoms with van der Waals surface area (Å²) in [5, 5.41) is 7.09. The summed E-state index contributed by atoms with van der Waals surface area (Å²) in [6.45, 7) is 1.84. The molecule has 3 heterocycles. The first-order valence-electron chi connectivity index (χ1n) is 10.5. The normalized spacial score (nSPS) is 12.0. The van der Waals surface area contributed by atoms with Crippen molar-refractivity contribution in [1.82, 2.24) is 29.7 Å². The third-order valence-corrected chi connectivity index (χ3v) is 5.64. The first-order valence-corrected chi connectivity index (χ1v) is 10.9. The van der Waals surface area contributed by atoms with Crippen LogP contribution in [0.15, 0.2) is 61.4 Å². The molecule has 11 heteroatoms. The van der Waals surface area contributed by atoms with Crippen molar-refractivity contribution in [3.05, 3.63) is 83.9 Å². The summed E-state index contributed by atoms with van der Waals surface area (Å²) in [6.07, 6.45) is 7.73. The van der Waals surface area contributed by atoms with Crippen molar-refractivity contribution in [3.8, 4) is 16.9 Å². The highest BCUT2D eigenvalue weighted by Gasteiger charge is 2.19. The van der Waals surface area contributed by atoms with Crippen LogP contribution in [0.4, 0.5) is 20.3 Å². The molecule has 0 saturated heterocycles. The fraction of sp³-hybridized carbons (Fsp3) is 0.125. The van der Waals surface area contributed by atoms with E-state index in [0.29, 0.717) is 28.3 Å². The average Bonchev–Trinajstić information content (AvgIpc) is 3.30. The Balaban J connectivity index is 1.62. The molecule has 0 saturated carbocycles. The van der Waals surface area contributed by atoms with Crippen molar-refractivity contribution in [3.63, 3.8) is 0 Å². The van der Waals surface area contributed by atoms with Gasteiger partial charge in [0.1, 0.15) is 28.7 Å². The van der Waals surface area contributed by atoms with Gasteiger partial charge in [-0.3, -0.25) is 4.68 Å². The van der Waals surface area contributed by atoms with Gasteiger partial charge in [-0.1, -0.05) is 11.6 Å². The van der Waals surface area contributed by atoms with Crippen molar-refractivity contribution in [2.24, 2.45) is 7.05 Å². The minimum Gasteiger partial charge on any atom is -0.482 e. The average molecular weight is 494 g/mol. The summed E-state index contributed by atoms with van der Waals surface area (Å²) in [5.41, 5.74) is 2.11. The van der Waals surface area contributed by atoms with Crippen molar-refractivity contribution in [2.45, 2.75) is 13.0 Å². The molecular weight excluding hydrogens is 476 g/mol. The van der Waals surface area contributed by atoms with E-state index < -0.39 is 22.8 Å². The van der Waals surface area contributed by atoms with Gasteiger partial charge in [-0.2, -0.15) is 5.10 Å². The third-order valence-electron chi connectivity index (χ3n) is 5.29. The van der Waals surface area contributed by atoms with Crippen LogP contribution < -0.4 is 10.1 Å². The lowest BCUT2D eigenvalue weighted by Gasteiger charge is -2.18. The highest BCUT2D eigenvalue weighted by molar-refractivity contribution is 6.31. The zero-order valence-corrected chi connectivity index (χ0v) is 19.3. The predicted octanol–water partition coefficient (Wildman–Crippen LogP) is 5.64. The number of anilines is 2. The van der Waals surface area contributed by atoms with Gasteiger partial charge in [0.05, 0.1) is 17.4 Å². The van der Waals surface area contributed by atoms with Crippen LogP contribution in [0.3, 0.4) is 0 Å². The van der Waals surface area contributed by atoms with Gasteiger partial charge in [0.15, 0.2) is 17.7 Å². The molecule has 1 atom stereocenters. The summed E-state index contributed by atoms with van der Waals surface area (Å²) < 4.78 is 36.1. The van der Waals surface area contributed by atoms with Crippen molar-refractivity contribution < 1.29 is 13.5 Å². The number of rotatable bonds is 6. The summed E-state index contributed by atoms with van der Waals surface area (Å²) >= 11 is 5.74.